The van der Waals surface area contributed by atoms with Crippen LogP contribution in [-0.2, 0) is 6.54 Å². The van der Waals surface area contributed by atoms with Crippen LogP contribution in [0.5, 0.6) is 0 Å². The molecule has 2 aromatic rings. The molecule has 0 aliphatic rings. The van der Waals surface area contributed by atoms with Crippen molar-refractivity contribution in [3.8, 4) is 0 Å². The number of aromatic nitrogens is 1. The van der Waals surface area contributed by atoms with E-state index in [4.69, 9.17) is 5.11 Å². The second kappa shape index (κ2) is 6.63. The number of hydrogen-bond acceptors (Lipinski definition) is 5. The molecule has 0 unspecified atom stereocenters. The van der Waals surface area contributed by atoms with Crippen molar-refractivity contribution in [2.45, 2.75) is 6.54 Å². The van der Waals surface area contributed by atoms with Gasteiger partial charge < -0.3 is 20.1 Å². The van der Waals surface area contributed by atoms with E-state index in [1.807, 2.05) is 35.2 Å². The molecule has 0 bridgehead atoms. The summed E-state index contributed by atoms with van der Waals surface area (Å²) < 4.78 is 0. The van der Waals surface area contributed by atoms with Gasteiger partial charge in [0.1, 0.15) is 0 Å². The number of rotatable bonds is 6. The van der Waals surface area contributed by atoms with E-state index in [9.17, 15) is 10.1 Å². The van der Waals surface area contributed by atoms with Gasteiger partial charge in [0.2, 0.25) is 0 Å². The molecule has 0 radical (unpaired) electrons. The third-order valence-corrected chi connectivity index (χ3v) is 2.87. The normalized spacial score (nSPS) is 10.2. The highest BCUT2D eigenvalue weighted by Crippen LogP contribution is 2.18. The predicted octanol–water partition coefficient (Wildman–Crippen LogP) is 1.99. The zero-order valence-electron chi connectivity index (χ0n) is 10.8. The van der Waals surface area contributed by atoms with Crippen LogP contribution in [-0.4, -0.2) is 28.2 Å². The first-order chi connectivity index (χ1) is 9.70. The number of nitrogens with zero attached hydrogens (tertiary/aromatic N) is 3. The molecule has 1 aromatic carbocycles. The minimum Gasteiger partial charge on any atom is -0.395 e. The zero-order valence-corrected chi connectivity index (χ0v) is 10.8. The summed E-state index contributed by atoms with van der Waals surface area (Å²) in [6.45, 7) is 1.05. The van der Waals surface area contributed by atoms with Crippen LogP contribution in [0.25, 0.3) is 0 Å². The summed E-state index contributed by atoms with van der Waals surface area (Å²) in [7, 11) is 0. The molecule has 2 rings (SSSR count). The first-order valence-corrected chi connectivity index (χ1v) is 6.21. The third kappa shape index (κ3) is 3.52. The molecule has 1 aromatic heterocycles. The maximum absolute atomic E-state index is 10.6. The number of aliphatic hydroxyl groups is 1. The van der Waals surface area contributed by atoms with Crippen LogP contribution < -0.4 is 4.90 Å². The molecule has 6 nitrogen and oxygen atoms in total. The van der Waals surface area contributed by atoms with E-state index < -0.39 is 4.92 Å². The molecule has 0 aliphatic carbocycles. The van der Waals surface area contributed by atoms with Gasteiger partial charge in [-0.25, -0.2) is 0 Å². The van der Waals surface area contributed by atoms with Crippen LogP contribution in [0.15, 0.2) is 48.7 Å². The lowest BCUT2D eigenvalue weighted by atomic mass is 10.2. The standard InChI is InChI=1S/C14H15N3O3/c18-9-8-16(11-12-4-2-1-3-5-12)13-6-7-14(15-10-13)17(19)20/h1-7,10,18H,8-9,11H2. The first kappa shape index (κ1) is 14.0. The largest absolute Gasteiger partial charge is 0.395 e. The molecule has 0 saturated carbocycles. The summed E-state index contributed by atoms with van der Waals surface area (Å²) in [5.74, 6) is -0.183. The van der Waals surface area contributed by atoms with Crippen LogP contribution in [0.3, 0.4) is 0 Å². The van der Waals surface area contributed by atoms with Crippen LogP contribution in [0, 0.1) is 10.1 Å². The Morgan fingerprint density at radius 2 is 1.95 bits per heavy atom. The molecule has 0 amide bonds. The fourth-order valence-electron chi connectivity index (χ4n) is 1.90. The third-order valence-electron chi connectivity index (χ3n) is 2.87. The van der Waals surface area contributed by atoms with E-state index in [2.05, 4.69) is 4.98 Å². The second-order valence-electron chi connectivity index (χ2n) is 4.26. The Morgan fingerprint density at radius 1 is 1.20 bits per heavy atom. The topological polar surface area (TPSA) is 79.5 Å². The Bertz CT molecular complexity index is 558. The van der Waals surface area contributed by atoms with E-state index in [1.165, 1.54) is 12.3 Å². The SMILES string of the molecule is O=[N+]([O-])c1ccc(N(CCO)Cc2ccccc2)cn1. The Morgan fingerprint density at radius 3 is 2.50 bits per heavy atom. The van der Waals surface area contributed by atoms with Crippen molar-refractivity contribution in [2.24, 2.45) is 0 Å². The van der Waals surface area contributed by atoms with E-state index in [0.29, 0.717) is 13.1 Å². The monoisotopic (exact) mass is 273 g/mol. The van der Waals surface area contributed by atoms with E-state index in [-0.39, 0.29) is 12.4 Å². The van der Waals surface area contributed by atoms with Gasteiger partial charge in [-0.2, -0.15) is 0 Å². The Labute approximate surface area is 116 Å². The zero-order chi connectivity index (χ0) is 14.4. The lowest BCUT2D eigenvalue weighted by Gasteiger charge is -2.22. The van der Waals surface area contributed by atoms with Crippen molar-refractivity contribution in [1.82, 2.24) is 4.98 Å². The molecule has 104 valence electrons. The van der Waals surface area contributed by atoms with Crippen molar-refractivity contribution in [1.29, 1.82) is 0 Å². The van der Waals surface area contributed by atoms with Crippen molar-refractivity contribution in [2.75, 3.05) is 18.1 Å². The van der Waals surface area contributed by atoms with Gasteiger partial charge in [0.15, 0.2) is 6.20 Å². The molecule has 1 N–H and O–H groups in total. The van der Waals surface area contributed by atoms with Crippen molar-refractivity contribution in [3.05, 3.63) is 64.3 Å². The van der Waals surface area contributed by atoms with Crippen molar-refractivity contribution in [3.63, 3.8) is 0 Å². The minimum atomic E-state index is -0.530. The van der Waals surface area contributed by atoms with Crippen molar-refractivity contribution >= 4 is 11.5 Å². The molecule has 1 heterocycles. The number of benzene rings is 1. The van der Waals surface area contributed by atoms with Gasteiger partial charge in [-0.15, -0.1) is 0 Å². The molecule has 0 fully saturated rings. The summed E-state index contributed by atoms with van der Waals surface area (Å²) in [6.07, 6.45) is 1.46. The van der Waals surface area contributed by atoms with Crippen LogP contribution in [0.1, 0.15) is 5.56 Å². The molecule has 0 spiro atoms. The maximum Gasteiger partial charge on any atom is 0.363 e. The summed E-state index contributed by atoms with van der Waals surface area (Å²) in [6, 6.07) is 12.8. The molecule has 0 saturated heterocycles. The number of nitro groups is 1. The van der Waals surface area contributed by atoms with Crippen LogP contribution >= 0.6 is 0 Å². The quantitative estimate of drug-likeness (QED) is 0.643. The molecular weight excluding hydrogens is 258 g/mol. The van der Waals surface area contributed by atoms with Gasteiger partial charge in [-0.1, -0.05) is 30.3 Å². The second-order valence-corrected chi connectivity index (χ2v) is 4.26. The maximum atomic E-state index is 10.6. The first-order valence-electron chi connectivity index (χ1n) is 6.21. The van der Waals surface area contributed by atoms with Gasteiger partial charge in [-0.3, -0.25) is 0 Å². The van der Waals surface area contributed by atoms with Crippen LogP contribution in [0.2, 0.25) is 0 Å². The highest BCUT2D eigenvalue weighted by molar-refractivity contribution is 5.47. The molecule has 0 aliphatic heterocycles. The fraction of sp³-hybridized carbons (Fsp3) is 0.214. The summed E-state index contributed by atoms with van der Waals surface area (Å²) in [4.78, 5) is 15.8. The summed E-state index contributed by atoms with van der Waals surface area (Å²) in [5.41, 5.74) is 1.84. The average Bonchev–Trinajstić information content (AvgIpc) is 2.48. The van der Waals surface area contributed by atoms with E-state index in [1.54, 1.807) is 6.07 Å². The Balaban J connectivity index is 2.17. The Hall–Kier alpha value is -2.47. The van der Waals surface area contributed by atoms with Gasteiger partial charge in [-0.05, 0) is 21.5 Å². The summed E-state index contributed by atoms with van der Waals surface area (Å²) in [5, 5.41) is 19.7. The lowest BCUT2D eigenvalue weighted by molar-refractivity contribution is -0.389. The van der Waals surface area contributed by atoms with E-state index >= 15 is 0 Å². The Kier molecular flexibility index (Phi) is 4.62. The van der Waals surface area contributed by atoms with Gasteiger partial charge >= 0.3 is 5.82 Å². The van der Waals surface area contributed by atoms with Gasteiger partial charge in [0, 0.05) is 19.2 Å². The minimum absolute atomic E-state index is 0.00379. The number of pyridine rings is 1. The average molecular weight is 273 g/mol. The summed E-state index contributed by atoms with van der Waals surface area (Å²) >= 11 is 0. The smallest absolute Gasteiger partial charge is 0.363 e. The van der Waals surface area contributed by atoms with Crippen LogP contribution in [0.4, 0.5) is 11.5 Å². The fourth-order valence-corrected chi connectivity index (χ4v) is 1.90. The van der Waals surface area contributed by atoms with Crippen molar-refractivity contribution < 1.29 is 10.0 Å². The molecule has 20 heavy (non-hydrogen) atoms. The van der Waals surface area contributed by atoms with Gasteiger partial charge in [0.25, 0.3) is 0 Å². The number of hydrogen-bond donors (Lipinski definition) is 1. The highest BCUT2D eigenvalue weighted by atomic mass is 16.6. The number of aliphatic hydroxyl groups excluding tert-OH is 1. The van der Waals surface area contributed by atoms with Gasteiger partial charge in [0.05, 0.1) is 12.3 Å². The predicted molar refractivity (Wildman–Crippen MR) is 75.5 cm³/mol. The molecule has 6 heteroatoms. The molecule has 0 atom stereocenters. The molecular formula is C14H15N3O3. The number of anilines is 1. The lowest BCUT2D eigenvalue weighted by Crippen LogP contribution is -2.26. The highest BCUT2D eigenvalue weighted by Gasteiger charge is 2.12. The van der Waals surface area contributed by atoms with E-state index in [0.717, 1.165) is 11.3 Å².